The monoisotopic (exact) mass is 319 g/mol. The van der Waals surface area contributed by atoms with Crippen molar-refractivity contribution in [3.05, 3.63) is 29.8 Å². The molecule has 1 aromatic rings. The zero-order chi connectivity index (χ0) is 16.8. The van der Waals surface area contributed by atoms with E-state index in [9.17, 15) is 5.11 Å². The van der Waals surface area contributed by atoms with Crippen molar-refractivity contribution in [1.29, 1.82) is 0 Å². The Hall–Kier alpha value is -1.02. The van der Waals surface area contributed by atoms with Crippen LogP contribution in [0.15, 0.2) is 24.3 Å². The molecule has 0 aliphatic rings. The van der Waals surface area contributed by atoms with E-state index in [2.05, 4.69) is 18.9 Å². The molecule has 0 heterocycles. The SMILES string of the molecule is CCCCCCCCCCCCN(C)CCc1ccccc1O. The van der Waals surface area contributed by atoms with Gasteiger partial charge in [-0.2, -0.15) is 0 Å². The summed E-state index contributed by atoms with van der Waals surface area (Å²) in [4.78, 5) is 2.39. The number of unbranched alkanes of at least 4 members (excludes halogenated alkanes) is 9. The average Bonchev–Trinajstić information content (AvgIpc) is 2.56. The van der Waals surface area contributed by atoms with Gasteiger partial charge in [0.15, 0.2) is 0 Å². The lowest BCUT2D eigenvalue weighted by molar-refractivity contribution is 0.325. The third-order valence-electron chi connectivity index (χ3n) is 4.65. The van der Waals surface area contributed by atoms with Crippen LogP contribution in [-0.2, 0) is 6.42 Å². The molecule has 2 heteroatoms. The highest BCUT2D eigenvalue weighted by Gasteiger charge is 2.03. The maximum absolute atomic E-state index is 9.77. The highest BCUT2D eigenvalue weighted by molar-refractivity contribution is 5.31. The van der Waals surface area contributed by atoms with Gasteiger partial charge in [-0.05, 0) is 38.1 Å². The standard InChI is InChI=1S/C21H37NO/c1-3-4-5-6-7-8-9-10-11-14-18-22(2)19-17-20-15-12-13-16-21(20)23/h12-13,15-16,23H,3-11,14,17-19H2,1-2H3. The van der Waals surface area contributed by atoms with Gasteiger partial charge in [0.25, 0.3) is 0 Å². The molecule has 0 aliphatic carbocycles. The molecule has 23 heavy (non-hydrogen) atoms. The zero-order valence-electron chi connectivity index (χ0n) is 15.4. The van der Waals surface area contributed by atoms with Gasteiger partial charge < -0.3 is 10.0 Å². The van der Waals surface area contributed by atoms with Crippen LogP contribution in [0, 0.1) is 0 Å². The minimum Gasteiger partial charge on any atom is -0.508 e. The second kappa shape index (κ2) is 13.4. The largest absolute Gasteiger partial charge is 0.508 e. The van der Waals surface area contributed by atoms with Gasteiger partial charge in [0.2, 0.25) is 0 Å². The summed E-state index contributed by atoms with van der Waals surface area (Å²) in [6.45, 7) is 4.47. The molecule has 132 valence electrons. The molecule has 0 spiro atoms. The Morgan fingerprint density at radius 1 is 0.783 bits per heavy atom. The van der Waals surface area contributed by atoms with E-state index in [1.807, 2.05) is 18.2 Å². The molecule has 0 unspecified atom stereocenters. The molecule has 0 amide bonds. The fourth-order valence-corrected chi connectivity index (χ4v) is 3.01. The van der Waals surface area contributed by atoms with Gasteiger partial charge in [0, 0.05) is 6.54 Å². The van der Waals surface area contributed by atoms with Crippen LogP contribution in [0.2, 0.25) is 0 Å². The van der Waals surface area contributed by atoms with Gasteiger partial charge in [0.1, 0.15) is 5.75 Å². The Kier molecular flexibility index (Phi) is 11.7. The van der Waals surface area contributed by atoms with Crippen molar-refractivity contribution >= 4 is 0 Å². The molecule has 1 aromatic carbocycles. The average molecular weight is 320 g/mol. The number of benzene rings is 1. The first kappa shape index (κ1) is 20.0. The maximum atomic E-state index is 9.77. The van der Waals surface area contributed by atoms with Crippen LogP contribution in [0.1, 0.15) is 76.7 Å². The molecule has 0 fully saturated rings. The number of hydrogen-bond donors (Lipinski definition) is 1. The van der Waals surface area contributed by atoms with E-state index in [4.69, 9.17) is 0 Å². The minimum absolute atomic E-state index is 0.430. The van der Waals surface area contributed by atoms with Gasteiger partial charge >= 0.3 is 0 Å². The Morgan fingerprint density at radius 2 is 1.35 bits per heavy atom. The van der Waals surface area contributed by atoms with E-state index in [0.717, 1.165) is 18.5 Å². The molecule has 0 atom stereocenters. The molecular weight excluding hydrogens is 282 g/mol. The fourth-order valence-electron chi connectivity index (χ4n) is 3.01. The number of nitrogens with zero attached hydrogens (tertiary/aromatic N) is 1. The first-order valence-corrected chi connectivity index (χ1v) is 9.69. The molecule has 2 nitrogen and oxygen atoms in total. The molecule has 0 saturated carbocycles. The first-order chi connectivity index (χ1) is 11.2. The first-order valence-electron chi connectivity index (χ1n) is 9.69. The van der Waals surface area contributed by atoms with Gasteiger partial charge in [0.05, 0.1) is 0 Å². The van der Waals surface area contributed by atoms with Crippen molar-refractivity contribution in [2.75, 3.05) is 20.1 Å². The summed E-state index contributed by atoms with van der Waals surface area (Å²) >= 11 is 0. The summed E-state index contributed by atoms with van der Waals surface area (Å²) in [7, 11) is 2.19. The Balaban J connectivity index is 1.92. The lowest BCUT2D eigenvalue weighted by Gasteiger charge is -2.16. The van der Waals surface area contributed by atoms with Crippen LogP contribution < -0.4 is 0 Å². The smallest absolute Gasteiger partial charge is 0.118 e. The predicted molar refractivity (Wildman–Crippen MR) is 101 cm³/mol. The van der Waals surface area contributed by atoms with E-state index in [1.54, 1.807) is 6.07 Å². The summed E-state index contributed by atoms with van der Waals surface area (Å²) in [6.07, 6.45) is 14.9. The Morgan fingerprint density at radius 3 is 1.96 bits per heavy atom. The van der Waals surface area contributed by atoms with Crippen LogP contribution in [-0.4, -0.2) is 30.1 Å². The van der Waals surface area contributed by atoms with Gasteiger partial charge in [-0.3, -0.25) is 0 Å². The molecule has 1 N–H and O–H groups in total. The topological polar surface area (TPSA) is 23.5 Å². The van der Waals surface area contributed by atoms with E-state index < -0.39 is 0 Å². The summed E-state index contributed by atoms with van der Waals surface area (Å²) in [6, 6.07) is 7.67. The third kappa shape index (κ3) is 10.4. The minimum atomic E-state index is 0.430. The van der Waals surface area contributed by atoms with Crippen LogP contribution in [0.25, 0.3) is 0 Å². The van der Waals surface area contributed by atoms with E-state index in [-0.39, 0.29) is 0 Å². The summed E-state index contributed by atoms with van der Waals surface area (Å²) in [5.41, 5.74) is 1.06. The van der Waals surface area contributed by atoms with Gasteiger partial charge in [-0.1, -0.05) is 82.9 Å². The molecule has 0 saturated heterocycles. The summed E-state index contributed by atoms with van der Waals surface area (Å²) in [5.74, 6) is 0.430. The van der Waals surface area contributed by atoms with E-state index in [0.29, 0.717) is 5.75 Å². The van der Waals surface area contributed by atoms with Crippen molar-refractivity contribution in [2.24, 2.45) is 0 Å². The summed E-state index contributed by atoms with van der Waals surface area (Å²) < 4.78 is 0. The van der Waals surface area contributed by atoms with Crippen molar-refractivity contribution in [1.82, 2.24) is 4.90 Å². The van der Waals surface area contributed by atoms with Crippen molar-refractivity contribution in [2.45, 2.75) is 77.6 Å². The van der Waals surface area contributed by atoms with E-state index in [1.165, 1.54) is 70.8 Å². The Bertz CT molecular complexity index is 391. The molecular formula is C21H37NO. The number of phenols is 1. The van der Waals surface area contributed by atoms with Gasteiger partial charge in [-0.25, -0.2) is 0 Å². The normalized spacial score (nSPS) is 11.3. The number of phenolic OH excluding ortho intramolecular Hbond substituents is 1. The second-order valence-corrected chi connectivity index (χ2v) is 6.86. The van der Waals surface area contributed by atoms with Crippen LogP contribution in [0.4, 0.5) is 0 Å². The van der Waals surface area contributed by atoms with Crippen LogP contribution in [0.5, 0.6) is 5.75 Å². The highest BCUT2D eigenvalue weighted by Crippen LogP contribution is 2.16. The lowest BCUT2D eigenvalue weighted by atomic mass is 10.1. The maximum Gasteiger partial charge on any atom is 0.118 e. The quantitative estimate of drug-likeness (QED) is 0.439. The third-order valence-corrected chi connectivity index (χ3v) is 4.65. The number of likely N-dealkylation sites (N-methyl/N-ethyl adjacent to an activating group) is 1. The molecule has 0 aromatic heterocycles. The van der Waals surface area contributed by atoms with E-state index >= 15 is 0 Å². The molecule has 0 radical (unpaired) electrons. The predicted octanol–water partition coefficient (Wildman–Crippen LogP) is 5.79. The highest BCUT2D eigenvalue weighted by atomic mass is 16.3. The number of hydrogen-bond acceptors (Lipinski definition) is 2. The van der Waals surface area contributed by atoms with Crippen molar-refractivity contribution in [3.63, 3.8) is 0 Å². The number of aromatic hydroxyl groups is 1. The molecule has 0 bridgehead atoms. The number of para-hydroxylation sites is 1. The number of rotatable bonds is 14. The zero-order valence-corrected chi connectivity index (χ0v) is 15.4. The van der Waals surface area contributed by atoms with Crippen molar-refractivity contribution in [3.8, 4) is 5.75 Å². The van der Waals surface area contributed by atoms with Gasteiger partial charge in [-0.15, -0.1) is 0 Å². The van der Waals surface area contributed by atoms with Crippen LogP contribution in [0.3, 0.4) is 0 Å². The van der Waals surface area contributed by atoms with Crippen LogP contribution >= 0.6 is 0 Å². The molecule has 1 rings (SSSR count). The van der Waals surface area contributed by atoms with Crippen molar-refractivity contribution < 1.29 is 5.11 Å². The molecule has 0 aliphatic heterocycles. The second-order valence-electron chi connectivity index (χ2n) is 6.86. The summed E-state index contributed by atoms with van der Waals surface area (Å²) in [5, 5.41) is 9.77. The Labute approximate surface area is 143 Å². The fraction of sp³-hybridized carbons (Fsp3) is 0.714. The lowest BCUT2D eigenvalue weighted by Crippen LogP contribution is -2.22.